The Morgan fingerprint density at radius 2 is 1.97 bits per heavy atom. The monoisotopic (exact) mass is 518 g/mol. The Labute approximate surface area is 193 Å². The van der Waals surface area contributed by atoms with E-state index < -0.39 is 0 Å². The van der Waals surface area contributed by atoms with Crippen LogP contribution in [0.15, 0.2) is 23.2 Å². The summed E-state index contributed by atoms with van der Waals surface area (Å²) in [5.41, 5.74) is 2.30. The van der Waals surface area contributed by atoms with Gasteiger partial charge in [-0.05, 0) is 63.4 Å². The van der Waals surface area contributed by atoms with E-state index in [1.807, 2.05) is 7.05 Å². The van der Waals surface area contributed by atoms with Crippen molar-refractivity contribution in [1.82, 2.24) is 15.5 Å². The second-order valence-corrected chi connectivity index (χ2v) is 7.68. The summed E-state index contributed by atoms with van der Waals surface area (Å²) in [7, 11) is 3.50. The molecule has 0 bridgehead atoms. The molecule has 1 heterocycles. The molecule has 0 amide bonds. The Morgan fingerprint density at radius 1 is 1.21 bits per heavy atom. The zero-order valence-electron chi connectivity index (χ0n) is 18.5. The number of rotatable bonds is 10. The maximum Gasteiger partial charge on any atom is 0.191 e. The topological polar surface area (TPSA) is 58.1 Å². The molecule has 1 aliphatic heterocycles. The van der Waals surface area contributed by atoms with Crippen LogP contribution in [0.2, 0.25) is 0 Å². The van der Waals surface area contributed by atoms with Crippen LogP contribution in [0.5, 0.6) is 5.75 Å². The molecule has 1 saturated heterocycles. The van der Waals surface area contributed by atoms with Crippen LogP contribution >= 0.6 is 24.0 Å². The van der Waals surface area contributed by atoms with E-state index in [2.05, 4.69) is 52.6 Å². The fourth-order valence-electron chi connectivity index (χ4n) is 3.37. The first-order valence-electron chi connectivity index (χ1n) is 10.5. The smallest absolute Gasteiger partial charge is 0.191 e. The molecule has 1 aromatic rings. The van der Waals surface area contributed by atoms with Crippen molar-refractivity contribution in [3.8, 4) is 5.75 Å². The number of nitrogens with zero attached hydrogens (tertiary/aromatic N) is 2. The van der Waals surface area contributed by atoms with E-state index in [0.717, 1.165) is 42.7 Å². The van der Waals surface area contributed by atoms with Crippen LogP contribution in [0.4, 0.5) is 0 Å². The number of methoxy groups -OCH3 is 1. The minimum atomic E-state index is 0. The molecule has 0 radical (unpaired) electrons. The summed E-state index contributed by atoms with van der Waals surface area (Å²) in [5, 5.41) is 6.82. The minimum absolute atomic E-state index is 0. The number of piperidine rings is 1. The highest BCUT2D eigenvalue weighted by molar-refractivity contribution is 14.0. The van der Waals surface area contributed by atoms with Crippen molar-refractivity contribution in [2.45, 2.75) is 39.7 Å². The van der Waals surface area contributed by atoms with E-state index in [4.69, 9.17) is 9.47 Å². The molecule has 0 atom stereocenters. The number of guanidine groups is 1. The number of aryl methyl sites for hydroxylation is 1. The molecule has 1 aliphatic rings. The molecular weight excluding hydrogens is 479 g/mol. The van der Waals surface area contributed by atoms with Gasteiger partial charge in [0.2, 0.25) is 0 Å². The number of hydrogen-bond donors (Lipinski definition) is 2. The van der Waals surface area contributed by atoms with Gasteiger partial charge in [-0.25, -0.2) is 0 Å². The summed E-state index contributed by atoms with van der Waals surface area (Å²) in [6.07, 6.45) is 3.80. The van der Waals surface area contributed by atoms with Crippen LogP contribution in [0.3, 0.4) is 0 Å². The van der Waals surface area contributed by atoms with Crippen LogP contribution in [0.25, 0.3) is 0 Å². The van der Waals surface area contributed by atoms with Crippen molar-refractivity contribution in [2.24, 2.45) is 10.9 Å². The molecule has 1 aromatic carbocycles. The van der Waals surface area contributed by atoms with Crippen LogP contribution in [-0.2, 0) is 11.3 Å². The Hall–Kier alpha value is -1.06. The van der Waals surface area contributed by atoms with Crippen LogP contribution in [0, 0.1) is 12.8 Å². The van der Waals surface area contributed by atoms with Gasteiger partial charge in [-0.2, -0.15) is 0 Å². The van der Waals surface area contributed by atoms with Gasteiger partial charge in [0.25, 0.3) is 0 Å². The third-order valence-corrected chi connectivity index (χ3v) is 5.26. The van der Waals surface area contributed by atoms with E-state index in [-0.39, 0.29) is 24.0 Å². The van der Waals surface area contributed by atoms with E-state index in [9.17, 15) is 0 Å². The number of aliphatic imine (C=N–C) groups is 1. The third kappa shape index (κ3) is 10.00. The van der Waals surface area contributed by atoms with Gasteiger partial charge in [-0.1, -0.05) is 19.1 Å². The summed E-state index contributed by atoms with van der Waals surface area (Å²) in [6.45, 7) is 10.8. The SMILES string of the molecule is CN=C(NCCCN1CCC(C)CC1)NCc1ccc(C)cc1OCCOC.I. The van der Waals surface area contributed by atoms with Gasteiger partial charge in [0.1, 0.15) is 12.4 Å². The molecule has 166 valence electrons. The quantitative estimate of drug-likeness (QED) is 0.215. The lowest BCUT2D eigenvalue weighted by Gasteiger charge is -2.30. The normalized spacial score (nSPS) is 15.7. The van der Waals surface area contributed by atoms with Crippen molar-refractivity contribution in [3.63, 3.8) is 0 Å². The first kappa shape index (κ1) is 26.0. The molecule has 2 N–H and O–H groups in total. The molecule has 0 unspecified atom stereocenters. The fourth-order valence-corrected chi connectivity index (χ4v) is 3.37. The molecule has 6 nitrogen and oxygen atoms in total. The molecule has 7 heteroatoms. The Balaban J connectivity index is 0.00000420. The molecule has 2 rings (SSSR count). The summed E-state index contributed by atoms with van der Waals surface area (Å²) < 4.78 is 10.9. The van der Waals surface area contributed by atoms with Gasteiger partial charge >= 0.3 is 0 Å². The lowest BCUT2D eigenvalue weighted by molar-refractivity contribution is 0.145. The third-order valence-electron chi connectivity index (χ3n) is 5.26. The average molecular weight is 518 g/mol. The van der Waals surface area contributed by atoms with Gasteiger partial charge in [0.05, 0.1) is 6.61 Å². The Morgan fingerprint density at radius 3 is 2.66 bits per heavy atom. The Bertz CT molecular complexity index is 604. The molecule has 1 fully saturated rings. The summed E-state index contributed by atoms with van der Waals surface area (Å²) >= 11 is 0. The van der Waals surface area contributed by atoms with Crippen molar-refractivity contribution in [2.75, 3.05) is 53.6 Å². The van der Waals surface area contributed by atoms with Crippen LogP contribution < -0.4 is 15.4 Å². The van der Waals surface area contributed by atoms with Crippen LogP contribution in [0.1, 0.15) is 37.3 Å². The lowest BCUT2D eigenvalue weighted by atomic mass is 9.99. The predicted molar refractivity (Wildman–Crippen MR) is 132 cm³/mol. The van der Waals surface area contributed by atoms with E-state index in [0.29, 0.717) is 19.8 Å². The zero-order valence-corrected chi connectivity index (χ0v) is 20.8. The average Bonchev–Trinajstić information content (AvgIpc) is 2.70. The standard InChI is InChI=1S/C22H38N4O2.HI/c1-18-8-12-26(13-9-18)11-5-10-24-22(23-3)25-17-20-7-6-19(2)16-21(20)28-15-14-27-4;/h6-7,16,18H,5,8-15,17H2,1-4H3,(H2,23,24,25);1H. The van der Waals surface area contributed by atoms with Crippen molar-refractivity contribution in [3.05, 3.63) is 29.3 Å². The Kier molecular flexibility index (Phi) is 13.3. The van der Waals surface area contributed by atoms with E-state index in [1.54, 1.807) is 7.11 Å². The number of likely N-dealkylation sites (tertiary alicyclic amines) is 1. The van der Waals surface area contributed by atoms with E-state index in [1.165, 1.54) is 31.5 Å². The van der Waals surface area contributed by atoms with Crippen molar-refractivity contribution < 1.29 is 9.47 Å². The molecule has 29 heavy (non-hydrogen) atoms. The molecule has 0 aliphatic carbocycles. The zero-order chi connectivity index (χ0) is 20.2. The largest absolute Gasteiger partial charge is 0.491 e. The highest BCUT2D eigenvalue weighted by Crippen LogP contribution is 2.20. The minimum Gasteiger partial charge on any atom is -0.491 e. The van der Waals surface area contributed by atoms with Gasteiger partial charge in [-0.3, -0.25) is 4.99 Å². The van der Waals surface area contributed by atoms with Gasteiger partial charge in [0, 0.05) is 32.8 Å². The molecular formula is C22H39IN4O2. The van der Waals surface area contributed by atoms with Gasteiger partial charge < -0.3 is 25.0 Å². The van der Waals surface area contributed by atoms with Crippen molar-refractivity contribution in [1.29, 1.82) is 0 Å². The first-order valence-corrected chi connectivity index (χ1v) is 10.5. The van der Waals surface area contributed by atoms with Crippen LogP contribution in [-0.4, -0.2) is 64.4 Å². The highest BCUT2D eigenvalue weighted by Gasteiger charge is 2.14. The molecule has 0 saturated carbocycles. The van der Waals surface area contributed by atoms with Gasteiger partial charge in [-0.15, -0.1) is 24.0 Å². The predicted octanol–water partition coefficient (Wildman–Crippen LogP) is 3.43. The fraction of sp³-hybridized carbons (Fsp3) is 0.682. The number of benzene rings is 1. The summed E-state index contributed by atoms with van der Waals surface area (Å²) in [4.78, 5) is 6.92. The summed E-state index contributed by atoms with van der Waals surface area (Å²) in [6, 6.07) is 6.29. The van der Waals surface area contributed by atoms with E-state index >= 15 is 0 Å². The van der Waals surface area contributed by atoms with Gasteiger partial charge in [0.15, 0.2) is 5.96 Å². The first-order chi connectivity index (χ1) is 13.6. The number of ether oxygens (including phenoxy) is 2. The highest BCUT2D eigenvalue weighted by atomic mass is 127. The van der Waals surface area contributed by atoms with Crippen molar-refractivity contribution >= 4 is 29.9 Å². The second-order valence-electron chi connectivity index (χ2n) is 7.68. The number of hydrogen-bond acceptors (Lipinski definition) is 4. The molecule has 0 aromatic heterocycles. The summed E-state index contributed by atoms with van der Waals surface area (Å²) in [5.74, 6) is 2.62. The lowest BCUT2D eigenvalue weighted by Crippen LogP contribution is -2.39. The second kappa shape index (κ2) is 14.8. The number of nitrogens with one attached hydrogen (secondary N) is 2. The maximum absolute atomic E-state index is 5.87. The maximum atomic E-state index is 5.87. The number of halogens is 1. The molecule has 0 spiro atoms.